The van der Waals surface area contributed by atoms with Crippen LogP contribution in [-0.4, -0.2) is 19.5 Å². The van der Waals surface area contributed by atoms with E-state index in [2.05, 4.69) is 0 Å². The first-order chi connectivity index (χ1) is 8.36. The zero-order chi connectivity index (χ0) is 13.8. The molecule has 4 heteroatoms. The third-order valence-electron chi connectivity index (χ3n) is 2.45. The Labute approximate surface area is 107 Å². The number of hydrogen-bond donors (Lipinski definition) is 0. The van der Waals surface area contributed by atoms with Crippen molar-refractivity contribution >= 4 is 5.78 Å². The number of hydrogen-bond acceptors (Lipinski definition) is 4. The third kappa shape index (κ3) is 3.77. The number of carbonyl (C=O) groups is 1. The Bertz CT molecular complexity index is 481. The van der Waals surface area contributed by atoms with Crippen LogP contribution in [0.15, 0.2) is 18.2 Å². The van der Waals surface area contributed by atoms with Gasteiger partial charge in [-0.2, -0.15) is 5.26 Å². The molecule has 0 saturated carbocycles. The van der Waals surface area contributed by atoms with E-state index in [1.165, 1.54) is 7.11 Å². The molecular formula is C14H17NO3. The number of ether oxygens (including phenoxy) is 2. The zero-order valence-corrected chi connectivity index (χ0v) is 11.1. The Morgan fingerprint density at radius 1 is 1.28 bits per heavy atom. The SMILES string of the molecule is COc1cc(C#N)cc(OCC(=O)C(C)(C)C)c1. The van der Waals surface area contributed by atoms with Gasteiger partial charge in [-0.3, -0.25) is 4.79 Å². The van der Waals surface area contributed by atoms with E-state index in [0.717, 1.165) is 0 Å². The lowest BCUT2D eigenvalue weighted by molar-refractivity contribution is -0.128. The van der Waals surface area contributed by atoms with Crippen molar-refractivity contribution in [2.45, 2.75) is 20.8 Å². The van der Waals surface area contributed by atoms with Crippen molar-refractivity contribution in [2.24, 2.45) is 5.41 Å². The summed E-state index contributed by atoms with van der Waals surface area (Å²) in [5.74, 6) is 1.000. The summed E-state index contributed by atoms with van der Waals surface area (Å²) in [6.45, 7) is 5.50. The highest BCUT2D eigenvalue weighted by Gasteiger charge is 2.21. The van der Waals surface area contributed by atoms with E-state index in [-0.39, 0.29) is 12.4 Å². The summed E-state index contributed by atoms with van der Waals surface area (Å²) < 4.78 is 10.5. The van der Waals surface area contributed by atoms with Crippen LogP contribution in [0.2, 0.25) is 0 Å². The van der Waals surface area contributed by atoms with E-state index >= 15 is 0 Å². The summed E-state index contributed by atoms with van der Waals surface area (Å²) in [6, 6.07) is 6.86. The fourth-order valence-corrected chi connectivity index (χ4v) is 1.20. The lowest BCUT2D eigenvalue weighted by atomic mass is 9.91. The van der Waals surface area contributed by atoms with E-state index < -0.39 is 5.41 Å². The molecule has 0 radical (unpaired) electrons. The maximum absolute atomic E-state index is 11.7. The topological polar surface area (TPSA) is 59.3 Å². The molecule has 0 amide bonds. The minimum Gasteiger partial charge on any atom is -0.497 e. The van der Waals surface area contributed by atoms with E-state index in [9.17, 15) is 4.79 Å². The molecule has 0 heterocycles. The van der Waals surface area contributed by atoms with Crippen LogP contribution in [0, 0.1) is 16.7 Å². The van der Waals surface area contributed by atoms with Crippen LogP contribution >= 0.6 is 0 Å². The van der Waals surface area contributed by atoms with Gasteiger partial charge >= 0.3 is 0 Å². The molecule has 0 N–H and O–H groups in total. The van der Waals surface area contributed by atoms with Crippen LogP contribution in [0.4, 0.5) is 0 Å². The maximum Gasteiger partial charge on any atom is 0.175 e. The van der Waals surface area contributed by atoms with Crippen LogP contribution < -0.4 is 9.47 Å². The van der Waals surface area contributed by atoms with E-state index in [0.29, 0.717) is 17.1 Å². The van der Waals surface area contributed by atoms with Crippen molar-refractivity contribution in [3.63, 3.8) is 0 Å². The van der Waals surface area contributed by atoms with Gasteiger partial charge in [0.25, 0.3) is 0 Å². The maximum atomic E-state index is 11.7. The quantitative estimate of drug-likeness (QED) is 0.820. The average Bonchev–Trinajstić information content (AvgIpc) is 2.34. The van der Waals surface area contributed by atoms with Gasteiger partial charge < -0.3 is 9.47 Å². The molecule has 18 heavy (non-hydrogen) atoms. The second-order valence-electron chi connectivity index (χ2n) is 4.97. The predicted octanol–water partition coefficient (Wildman–Crippen LogP) is 2.56. The monoisotopic (exact) mass is 247 g/mol. The van der Waals surface area contributed by atoms with Crippen molar-refractivity contribution in [1.82, 2.24) is 0 Å². The van der Waals surface area contributed by atoms with Gasteiger partial charge in [-0.15, -0.1) is 0 Å². The van der Waals surface area contributed by atoms with Crippen molar-refractivity contribution in [3.8, 4) is 17.6 Å². The molecule has 0 aromatic heterocycles. The number of carbonyl (C=O) groups excluding carboxylic acids is 1. The van der Waals surface area contributed by atoms with E-state index in [4.69, 9.17) is 14.7 Å². The lowest BCUT2D eigenvalue weighted by Gasteiger charge is -2.17. The highest BCUT2D eigenvalue weighted by atomic mass is 16.5. The minimum absolute atomic E-state index is 0.00354. The normalized spacial score (nSPS) is 10.6. The highest BCUT2D eigenvalue weighted by molar-refractivity contribution is 5.85. The second kappa shape index (κ2) is 5.54. The first kappa shape index (κ1) is 14.0. The molecule has 96 valence electrons. The predicted molar refractivity (Wildman–Crippen MR) is 67.7 cm³/mol. The van der Waals surface area contributed by atoms with E-state index in [1.807, 2.05) is 26.8 Å². The lowest BCUT2D eigenvalue weighted by Crippen LogP contribution is -2.26. The Hall–Kier alpha value is -2.02. The van der Waals surface area contributed by atoms with Gasteiger partial charge in [0, 0.05) is 11.5 Å². The molecule has 0 fully saturated rings. The zero-order valence-electron chi connectivity index (χ0n) is 11.1. The smallest absolute Gasteiger partial charge is 0.175 e. The van der Waals surface area contributed by atoms with E-state index in [1.54, 1.807) is 18.2 Å². The molecule has 0 aliphatic rings. The number of ketones is 1. The number of rotatable bonds is 4. The Balaban J connectivity index is 2.80. The highest BCUT2D eigenvalue weighted by Crippen LogP contribution is 2.23. The van der Waals surface area contributed by atoms with Gasteiger partial charge in [-0.25, -0.2) is 0 Å². The van der Waals surface area contributed by atoms with Crippen molar-refractivity contribution in [2.75, 3.05) is 13.7 Å². The van der Waals surface area contributed by atoms with Gasteiger partial charge in [0.1, 0.15) is 18.1 Å². The molecule has 0 saturated heterocycles. The van der Waals surface area contributed by atoms with Gasteiger partial charge in [-0.1, -0.05) is 20.8 Å². The molecule has 1 rings (SSSR count). The molecule has 0 aliphatic carbocycles. The van der Waals surface area contributed by atoms with Crippen molar-refractivity contribution in [1.29, 1.82) is 5.26 Å². The molecule has 0 unspecified atom stereocenters. The number of nitriles is 1. The van der Waals surface area contributed by atoms with Crippen molar-refractivity contribution in [3.05, 3.63) is 23.8 Å². The van der Waals surface area contributed by atoms with Crippen molar-refractivity contribution < 1.29 is 14.3 Å². The molecule has 0 atom stereocenters. The fraction of sp³-hybridized carbons (Fsp3) is 0.429. The molecule has 0 spiro atoms. The largest absolute Gasteiger partial charge is 0.497 e. The summed E-state index contributed by atoms with van der Waals surface area (Å²) in [7, 11) is 1.51. The first-order valence-corrected chi connectivity index (χ1v) is 5.62. The Morgan fingerprint density at radius 3 is 2.39 bits per heavy atom. The van der Waals surface area contributed by atoms with Gasteiger partial charge in [-0.05, 0) is 12.1 Å². The summed E-state index contributed by atoms with van der Waals surface area (Å²) in [5, 5.41) is 8.86. The second-order valence-corrected chi connectivity index (χ2v) is 4.97. The molecule has 4 nitrogen and oxygen atoms in total. The number of Topliss-reactive ketones (excluding diaryl/α,β-unsaturated/α-hetero) is 1. The first-order valence-electron chi connectivity index (χ1n) is 5.62. The fourth-order valence-electron chi connectivity index (χ4n) is 1.20. The summed E-state index contributed by atoms with van der Waals surface area (Å²) in [6.07, 6.45) is 0. The third-order valence-corrected chi connectivity index (χ3v) is 2.45. The molecule has 1 aromatic rings. The van der Waals surface area contributed by atoms with Crippen LogP contribution in [0.5, 0.6) is 11.5 Å². The molecule has 1 aromatic carbocycles. The van der Waals surface area contributed by atoms with Crippen LogP contribution in [0.1, 0.15) is 26.3 Å². The molecule has 0 bridgehead atoms. The average molecular weight is 247 g/mol. The van der Waals surface area contributed by atoms with Crippen LogP contribution in [0.25, 0.3) is 0 Å². The Kier molecular flexibility index (Phi) is 4.33. The molecular weight excluding hydrogens is 230 g/mol. The standard InChI is InChI=1S/C14H17NO3/c1-14(2,3)13(16)9-18-12-6-10(8-15)5-11(7-12)17-4/h5-7H,9H2,1-4H3. The minimum atomic E-state index is -0.434. The summed E-state index contributed by atoms with van der Waals surface area (Å²) in [5.41, 5.74) is 0.00395. The van der Waals surface area contributed by atoms with Crippen LogP contribution in [0.3, 0.4) is 0 Å². The van der Waals surface area contributed by atoms with Gasteiger partial charge in [0.05, 0.1) is 18.7 Å². The van der Waals surface area contributed by atoms with Gasteiger partial charge in [0.15, 0.2) is 5.78 Å². The van der Waals surface area contributed by atoms with Crippen LogP contribution in [-0.2, 0) is 4.79 Å². The molecule has 0 aliphatic heterocycles. The number of nitrogens with zero attached hydrogens (tertiary/aromatic N) is 1. The number of methoxy groups -OCH3 is 1. The Morgan fingerprint density at radius 2 is 1.89 bits per heavy atom. The number of benzene rings is 1. The summed E-state index contributed by atoms with van der Waals surface area (Å²) in [4.78, 5) is 11.7. The van der Waals surface area contributed by atoms with Gasteiger partial charge in [0.2, 0.25) is 0 Å². The summed E-state index contributed by atoms with van der Waals surface area (Å²) >= 11 is 0.